The van der Waals surface area contributed by atoms with Crippen LogP contribution in [0.25, 0.3) is 0 Å². The molecule has 7 heteroatoms. The number of carbonyl (C=O) groups excluding carboxylic acids is 1. The molecule has 0 saturated heterocycles. The van der Waals surface area contributed by atoms with Gasteiger partial charge in [0.2, 0.25) is 0 Å². The second-order valence-electron chi connectivity index (χ2n) is 6.35. The van der Waals surface area contributed by atoms with Crippen LogP contribution in [0.5, 0.6) is 11.5 Å². The molecule has 29 heavy (non-hydrogen) atoms. The molecule has 0 aliphatic rings. The van der Waals surface area contributed by atoms with Crippen molar-refractivity contribution in [2.45, 2.75) is 26.2 Å². The molecule has 0 saturated carbocycles. The topological polar surface area (TPSA) is 68.8 Å². The van der Waals surface area contributed by atoms with Gasteiger partial charge in [-0.15, -0.1) is 0 Å². The van der Waals surface area contributed by atoms with E-state index in [9.17, 15) is 4.79 Å². The highest BCUT2D eigenvalue weighted by Gasteiger charge is 2.08. The number of nitrogens with one attached hydrogen (secondary N) is 2. The van der Waals surface area contributed by atoms with Crippen LogP contribution in [0.4, 0.5) is 5.69 Å². The van der Waals surface area contributed by atoms with Crippen molar-refractivity contribution in [2.75, 3.05) is 32.2 Å². The van der Waals surface area contributed by atoms with E-state index in [1.165, 1.54) is 0 Å². The van der Waals surface area contributed by atoms with Gasteiger partial charge in [-0.25, -0.2) is 0 Å². The van der Waals surface area contributed by atoms with Crippen LogP contribution in [-0.4, -0.2) is 38.0 Å². The quantitative estimate of drug-likeness (QED) is 0.418. The zero-order valence-corrected chi connectivity index (χ0v) is 17.7. The summed E-state index contributed by atoms with van der Waals surface area (Å²) in [4.78, 5) is 12.3. The molecule has 0 aromatic heterocycles. The third-order valence-electron chi connectivity index (χ3n) is 4.03. The Morgan fingerprint density at radius 3 is 2.14 bits per heavy atom. The van der Waals surface area contributed by atoms with E-state index in [-0.39, 0.29) is 11.0 Å². The van der Waals surface area contributed by atoms with Crippen molar-refractivity contribution in [1.82, 2.24) is 5.32 Å². The highest BCUT2D eigenvalue weighted by Crippen LogP contribution is 2.16. The normalized spacial score (nSPS) is 10.3. The van der Waals surface area contributed by atoms with Crippen LogP contribution < -0.4 is 20.1 Å². The van der Waals surface area contributed by atoms with Gasteiger partial charge in [-0.05, 0) is 67.2 Å². The van der Waals surface area contributed by atoms with Crippen molar-refractivity contribution in [3.05, 3.63) is 54.1 Å². The van der Waals surface area contributed by atoms with E-state index < -0.39 is 0 Å². The van der Waals surface area contributed by atoms with Crippen LogP contribution in [0, 0.1) is 0 Å². The van der Waals surface area contributed by atoms with Crippen molar-refractivity contribution in [1.29, 1.82) is 0 Å². The Morgan fingerprint density at radius 1 is 0.897 bits per heavy atom. The third-order valence-corrected chi connectivity index (χ3v) is 4.23. The maximum Gasteiger partial charge on any atom is 0.257 e. The number of methoxy groups -OCH3 is 1. The van der Waals surface area contributed by atoms with Gasteiger partial charge in [0.15, 0.2) is 5.11 Å². The number of carbonyl (C=O) groups is 1. The fraction of sp³-hybridized carbons (Fsp3) is 0.364. The summed E-state index contributed by atoms with van der Waals surface area (Å²) >= 11 is 5.22. The van der Waals surface area contributed by atoms with E-state index in [2.05, 4.69) is 17.6 Å². The van der Waals surface area contributed by atoms with Gasteiger partial charge in [0.05, 0.1) is 13.2 Å². The standard InChI is InChI=1S/C22H28N2O4S/c1-3-4-5-14-27-19-10-6-17(7-11-19)21(25)24-22(29)23-18-8-12-20(13-9-18)28-16-15-26-2/h6-13H,3-5,14-16H2,1-2H3,(H2,23,24,25,29). The number of thiocarbonyl (C=S) groups is 1. The fourth-order valence-electron chi connectivity index (χ4n) is 2.46. The lowest BCUT2D eigenvalue weighted by Gasteiger charge is -2.11. The minimum Gasteiger partial charge on any atom is -0.494 e. The number of hydrogen-bond acceptors (Lipinski definition) is 5. The number of rotatable bonds is 11. The first-order valence-corrected chi connectivity index (χ1v) is 10.1. The van der Waals surface area contributed by atoms with E-state index in [4.69, 9.17) is 26.4 Å². The second-order valence-corrected chi connectivity index (χ2v) is 6.76. The zero-order chi connectivity index (χ0) is 20.9. The summed E-state index contributed by atoms with van der Waals surface area (Å²) < 4.78 is 16.1. The summed E-state index contributed by atoms with van der Waals surface area (Å²) in [5.41, 5.74) is 1.27. The van der Waals surface area contributed by atoms with Gasteiger partial charge in [-0.2, -0.15) is 0 Å². The molecule has 2 N–H and O–H groups in total. The lowest BCUT2D eigenvalue weighted by atomic mass is 10.2. The first-order valence-electron chi connectivity index (χ1n) is 9.69. The van der Waals surface area contributed by atoms with Gasteiger partial charge in [-0.3, -0.25) is 10.1 Å². The van der Waals surface area contributed by atoms with Gasteiger partial charge in [0.1, 0.15) is 18.1 Å². The zero-order valence-electron chi connectivity index (χ0n) is 16.9. The summed E-state index contributed by atoms with van der Waals surface area (Å²) in [6, 6.07) is 14.3. The van der Waals surface area contributed by atoms with E-state index >= 15 is 0 Å². The Bertz CT molecular complexity index is 763. The second kappa shape index (κ2) is 12.7. The van der Waals surface area contributed by atoms with Crippen LogP contribution in [0.2, 0.25) is 0 Å². The minimum absolute atomic E-state index is 0.225. The van der Waals surface area contributed by atoms with Gasteiger partial charge in [-0.1, -0.05) is 19.8 Å². The predicted octanol–water partition coefficient (Wildman–Crippen LogP) is 4.41. The average Bonchev–Trinajstić information content (AvgIpc) is 2.73. The molecular formula is C22H28N2O4S. The molecule has 0 bridgehead atoms. The Kier molecular flexibility index (Phi) is 9.95. The Morgan fingerprint density at radius 2 is 1.52 bits per heavy atom. The van der Waals surface area contributed by atoms with Crippen molar-refractivity contribution >= 4 is 28.9 Å². The summed E-state index contributed by atoms with van der Waals surface area (Å²) in [6.45, 7) is 3.85. The Labute approximate surface area is 177 Å². The molecule has 0 fully saturated rings. The van der Waals surface area contributed by atoms with Crippen molar-refractivity contribution in [3.63, 3.8) is 0 Å². The monoisotopic (exact) mass is 416 g/mol. The lowest BCUT2D eigenvalue weighted by Crippen LogP contribution is -2.34. The first kappa shape index (κ1) is 22.6. The predicted molar refractivity (Wildman–Crippen MR) is 119 cm³/mol. The van der Waals surface area contributed by atoms with Crippen molar-refractivity contribution in [3.8, 4) is 11.5 Å². The number of benzene rings is 2. The van der Waals surface area contributed by atoms with Crippen LogP contribution in [0.1, 0.15) is 36.5 Å². The molecule has 0 radical (unpaired) electrons. The Hall–Kier alpha value is -2.64. The molecule has 0 spiro atoms. The molecule has 156 valence electrons. The fourth-order valence-corrected chi connectivity index (χ4v) is 2.67. The molecule has 0 unspecified atom stereocenters. The van der Waals surface area contributed by atoms with Crippen LogP contribution in [0.3, 0.4) is 0 Å². The average molecular weight is 417 g/mol. The molecule has 2 rings (SSSR count). The summed E-state index contributed by atoms with van der Waals surface area (Å²) in [5, 5.41) is 5.88. The van der Waals surface area contributed by atoms with Crippen LogP contribution in [0.15, 0.2) is 48.5 Å². The number of hydrogen-bond donors (Lipinski definition) is 2. The molecule has 6 nitrogen and oxygen atoms in total. The molecule has 0 heterocycles. The molecule has 0 atom stereocenters. The largest absolute Gasteiger partial charge is 0.494 e. The molecule has 1 amide bonds. The molecular weight excluding hydrogens is 388 g/mol. The SMILES string of the molecule is CCCCCOc1ccc(C(=O)NC(=S)Nc2ccc(OCCOC)cc2)cc1. The third kappa shape index (κ3) is 8.50. The maximum absolute atomic E-state index is 12.3. The van der Waals surface area contributed by atoms with E-state index in [0.29, 0.717) is 25.4 Å². The number of anilines is 1. The summed E-state index contributed by atoms with van der Waals surface area (Å²) in [7, 11) is 1.63. The highest BCUT2D eigenvalue weighted by molar-refractivity contribution is 7.80. The molecule has 2 aromatic carbocycles. The van der Waals surface area contributed by atoms with Gasteiger partial charge in [0.25, 0.3) is 5.91 Å². The van der Waals surface area contributed by atoms with E-state index in [1.807, 2.05) is 24.3 Å². The first-order chi connectivity index (χ1) is 14.1. The van der Waals surface area contributed by atoms with Gasteiger partial charge >= 0.3 is 0 Å². The van der Waals surface area contributed by atoms with Gasteiger partial charge < -0.3 is 19.5 Å². The smallest absolute Gasteiger partial charge is 0.257 e. The number of amides is 1. The highest BCUT2D eigenvalue weighted by atomic mass is 32.1. The maximum atomic E-state index is 12.3. The number of unbranched alkanes of at least 4 members (excludes halogenated alkanes) is 2. The van der Waals surface area contributed by atoms with Crippen LogP contribution >= 0.6 is 12.2 Å². The summed E-state index contributed by atoms with van der Waals surface area (Å²) in [5.74, 6) is 1.21. The van der Waals surface area contributed by atoms with E-state index in [1.54, 1.807) is 31.4 Å². The summed E-state index contributed by atoms with van der Waals surface area (Å²) in [6.07, 6.45) is 3.33. The molecule has 0 aliphatic carbocycles. The molecule has 2 aromatic rings. The van der Waals surface area contributed by atoms with Gasteiger partial charge in [0, 0.05) is 18.4 Å². The van der Waals surface area contributed by atoms with Crippen LogP contribution in [-0.2, 0) is 4.74 Å². The lowest BCUT2D eigenvalue weighted by molar-refractivity contribution is 0.0977. The Balaban J connectivity index is 1.78. The number of ether oxygens (including phenoxy) is 3. The minimum atomic E-state index is -0.278. The van der Waals surface area contributed by atoms with E-state index in [0.717, 1.165) is 36.4 Å². The van der Waals surface area contributed by atoms with Crippen molar-refractivity contribution < 1.29 is 19.0 Å². The molecule has 0 aliphatic heterocycles. The van der Waals surface area contributed by atoms with Crippen molar-refractivity contribution in [2.24, 2.45) is 0 Å².